The van der Waals surface area contributed by atoms with Crippen molar-refractivity contribution in [3.8, 4) is 5.75 Å². The lowest BCUT2D eigenvalue weighted by Crippen LogP contribution is -2.08. The molecule has 3 rings (SSSR count). The van der Waals surface area contributed by atoms with Gasteiger partial charge in [0.15, 0.2) is 5.16 Å². The van der Waals surface area contributed by atoms with Crippen LogP contribution in [0.3, 0.4) is 0 Å². The van der Waals surface area contributed by atoms with E-state index in [1.807, 2.05) is 18.2 Å². The van der Waals surface area contributed by atoms with Gasteiger partial charge in [0.25, 0.3) is 0 Å². The number of nitrogens with zero attached hydrogens (tertiary/aromatic N) is 3. The maximum absolute atomic E-state index is 5.75. The summed E-state index contributed by atoms with van der Waals surface area (Å²) in [6, 6.07) is 8.66. The maximum Gasteiger partial charge on any atom is 0.191 e. The summed E-state index contributed by atoms with van der Waals surface area (Å²) in [4.78, 5) is 0. The maximum atomic E-state index is 5.75. The average Bonchev–Trinajstić information content (AvgIpc) is 3.24. The van der Waals surface area contributed by atoms with Crippen molar-refractivity contribution in [1.29, 1.82) is 0 Å². The van der Waals surface area contributed by atoms with Crippen molar-refractivity contribution in [2.24, 2.45) is 5.73 Å². The third kappa shape index (κ3) is 3.57. The van der Waals surface area contributed by atoms with Gasteiger partial charge in [-0.3, -0.25) is 0 Å². The molecule has 1 aromatic carbocycles. The Balaban J connectivity index is 1.53. The SMILES string of the molecule is Cc1cccc(OCCSc2nnc(CN)n2C2CC2)c1. The number of aryl methyl sites for hydroxylation is 1. The molecule has 2 N–H and O–H groups in total. The van der Waals surface area contributed by atoms with Crippen LogP contribution in [-0.4, -0.2) is 27.1 Å². The highest BCUT2D eigenvalue weighted by Gasteiger charge is 2.29. The highest BCUT2D eigenvalue weighted by molar-refractivity contribution is 7.99. The first-order valence-electron chi connectivity index (χ1n) is 7.24. The van der Waals surface area contributed by atoms with Crippen molar-refractivity contribution in [2.45, 2.75) is 37.5 Å². The normalized spacial score (nSPS) is 14.4. The van der Waals surface area contributed by atoms with Crippen LogP contribution in [0.5, 0.6) is 5.75 Å². The van der Waals surface area contributed by atoms with Crippen LogP contribution in [0.25, 0.3) is 0 Å². The Kier molecular flexibility index (Phi) is 4.45. The Morgan fingerprint density at radius 3 is 2.95 bits per heavy atom. The Morgan fingerprint density at radius 2 is 2.24 bits per heavy atom. The minimum absolute atomic E-state index is 0.448. The van der Waals surface area contributed by atoms with E-state index < -0.39 is 0 Å². The fourth-order valence-electron chi connectivity index (χ4n) is 2.24. The summed E-state index contributed by atoms with van der Waals surface area (Å²) in [7, 11) is 0. The molecule has 0 aliphatic heterocycles. The largest absolute Gasteiger partial charge is 0.493 e. The number of hydrogen-bond donors (Lipinski definition) is 1. The number of hydrogen-bond acceptors (Lipinski definition) is 5. The fraction of sp³-hybridized carbons (Fsp3) is 0.467. The van der Waals surface area contributed by atoms with Crippen LogP contribution in [0.4, 0.5) is 0 Å². The van der Waals surface area contributed by atoms with Gasteiger partial charge in [0, 0.05) is 11.8 Å². The third-order valence-corrected chi connectivity index (χ3v) is 4.31. The first-order chi connectivity index (χ1) is 10.3. The first kappa shape index (κ1) is 14.4. The second-order valence-corrected chi connectivity index (χ2v) is 6.28. The zero-order valence-corrected chi connectivity index (χ0v) is 13.0. The summed E-state index contributed by atoms with van der Waals surface area (Å²) in [5, 5.41) is 9.38. The lowest BCUT2D eigenvalue weighted by atomic mass is 10.2. The number of ether oxygens (including phenoxy) is 1. The number of nitrogens with two attached hydrogens (primary N) is 1. The molecule has 2 aromatic rings. The zero-order valence-electron chi connectivity index (χ0n) is 12.2. The summed E-state index contributed by atoms with van der Waals surface area (Å²) in [5.74, 6) is 2.66. The lowest BCUT2D eigenvalue weighted by Gasteiger charge is -2.08. The predicted octanol–water partition coefficient (Wildman–Crippen LogP) is 2.55. The van der Waals surface area contributed by atoms with Crippen molar-refractivity contribution >= 4 is 11.8 Å². The Labute approximate surface area is 128 Å². The fourth-order valence-corrected chi connectivity index (χ4v) is 3.08. The van der Waals surface area contributed by atoms with Gasteiger partial charge in [0.1, 0.15) is 11.6 Å². The summed E-state index contributed by atoms with van der Waals surface area (Å²) >= 11 is 1.68. The molecule has 1 saturated carbocycles. The molecule has 21 heavy (non-hydrogen) atoms. The van der Waals surface area contributed by atoms with Gasteiger partial charge in [-0.1, -0.05) is 23.9 Å². The molecule has 0 unspecified atom stereocenters. The van der Waals surface area contributed by atoms with Crippen molar-refractivity contribution < 1.29 is 4.74 Å². The number of thioether (sulfide) groups is 1. The first-order valence-corrected chi connectivity index (χ1v) is 8.22. The van der Waals surface area contributed by atoms with Gasteiger partial charge in [0.2, 0.25) is 0 Å². The lowest BCUT2D eigenvalue weighted by molar-refractivity contribution is 0.343. The van der Waals surface area contributed by atoms with Crippen LogP contribution < -0.4 is 10.5 Å². The van der Waals surface area contributed by atoms with Crippen molar-refractivity contribution in [1.82, 2.24) is 14.8 Å². The summed E-state index contributed by atoms with van der Waals surface area (Å²) < 4.78 is 7.95. The second-order valence-electron chi connectivity index (χ2n) is 5.22. The molecule has 5 nitrogen and oxygen atoms in total. The third-order valence-electron chi connectivity index (χ3n) is 3.40. The molecular formula is C15H20N4OS. The van der Waals surface area contributed by atoms with Gasteiger partial charge in [-0.2, -0.15) is 0 Å². The topological polar surface area (TPSA) is 66.0 Å². The summed E-state index contributed by atoms with van der Waals surface area (Å²) in [5.41, 5.74) is 6.93. The van der Waals surface area contributed by atoms with Gasteiger partial charge < -0.3 is 15.0 Å². The summed E-state index contributed by atoms with van der Waals surface area (Å²) in [6.07, 6.45) is 2.41. The second kappa shape index (κ2) is 6.49. The predicted molar refractivity (Wildman–Crippen MR) is 83.6 cm³/mol. The molecule has 1 aliphatic carbocycles. The van der Waals surface area contributed by atoms with Crippen LogP contribution in [0.2, 0.25) is 0 Å². The standard InChI is InChI=1S/C15H20N4OS/c1-11-3-2-4-13(9-11)20-7-8-21-15-18-17-14(10-16)19(15)12-5-6-12/h2-4,9,12H,5-8,10,16H2,1H3. The molecule has 0 saturated heterocycles. The Bertz CT molecular complexity index is 609. The van der Waals surface area contributed by atoms with Crippen LogP contribution in [0.1, 0.15) is 30.3 Å². The van der Waals surface area contributed by atoms with E-state index in [-0.39, 0.29) is 0 Å². The highest BCUT2D eigenvalue weighted by atomic mass is 32.2. The molecule has 0 amide bonds. The monoisotopic (exact) mass is 304 g/mol. The molecular weight excluding hydrogens is 284 g/mol. The van der Waals surface area contributed by atoms with Gasteiger partial charge in [0.05, 0.1) is 13.2 Å². The Morgan fingerprint density at radius 1 is 1.38 bits per heavy atom. The van der Waals surface area contributed by atoms with Gasteiger partial charge in [-0.15, -0.1) is 10.2 Å². The molecule has 6 heteroatoms. The average molecular weight is 304 g/mol. The van der Waals surface area contributed by atoms with E-state index >= 15 is 0 Å². The van der Waals surface area contributed by atoms with Crippen LogP contribution in [-0.2, 0) is 6.54 Å². The minimum atomic E-state index is 0.448. The minimum Gasteiger partial charge on any atom is -0.493 e. The molecule has 0 bridgehead atoms. The Hall–Kier alpha value is -1.53. The molecule has 1 aromatic heterocycles. The smallest absolute Gasteiger partial charge is 0.191 e. The van der Waals surface area contributed by atoms with Gasteiger partial charge >= 0.3 is 0 Å². The highest BCUT2D eigenvalue weighted by Crippen LogP contribution is 2.38. The molecule has 112 valence electrons. The summed E-state index contributed by atoms with van der Waals surface area (Å²) in [6.45, 7) is 3.17. The van der Waals surface area contributed by atoms with Crippen LogP contribution in [0, 0.1) is 6.92 Å². The van der Waals surface area contributed by atoms with Crippen LogP contribution >= 0.6 is 11.8 Å². The van der Waals surface area contributed by atoms with E-state index in [2.05, 4.69) is 27.8 Å². The van der Waals surface area contributed by atoms with Gasteiger partial charge in [-0.05, 0) is 37.5 Å². The molecule has 1 fully saturated rings. The van der Waals surface area contributed by atoms with E-state index in [1.165, 1.54) is 18.4 Å². The number of aromatic nitrogens is 3. The van der Waals surface area contributed by atoms with Crippen molar-refractivity contribution in [3.05, 3.63) is 35.7 Å². The van der Waals surface area contributed by atoms with E-state index in [4.69, 9.17) is 10.5 Å². The number of benzene rings is 1. The molecule has 0 radical (unpaired) electrons. The molecule has 0 spiro atoms. The quantitative estimate of drug-likeness (QED) is 0.629. The molecule has 1 aliphatic rings. The van der Waals surface area contributed by atoms with E-state index in [0.717, 1.165) is 22.5 Å². The van der Waals surface area contributed by atoms with Crippen molar-refractivity contribution in [3.63, 3.8) is 0 Å². The van der Waals surface area contributed by atoms with Crippen LogP contribution in [0.15, 0.2) is 29.4 Å². The number of rotatable bonds is 7. The van der Waals surface area contributed by atoms with E-state index in [9.17, 15) is 0 Å². The molecule has 1 heterocycles. The van der Waals surface area contributed by atoms with Crippen molar-refractivity contribution in [2.75, 3.05) is 12.4 Å². The zero-order chi connectivity index (χ0) is 14.7. The van der Waals surface area contributed by atoms with Gasteiger partial charge in [-0.25, -0.2) is 0 Å². The van der Waals surface area contributed by atoms with E-state index in [0.29, 0.717) is 19.2 Å². The van der Waals surface area contributed by atoms with E-state index in [1.54, 1.807) is 11.8 Å². The molecule has 0 atom stereocenters.